The van der Waals surface area contributed by atoms with Crippen molar-refractivity contribution < 1.29 is 0 Å². The monoisotopic (exact) mass is 1270 g/mol. The van der Waals surface area contributed by atoms with Crippen LogP contribution in [0.4, 0.5) is 34.1 Å². The number of fused-ring (bicyclic) bond motifs is 7. The average Bonchev–Trinajstić information content (AvgIpc) is 0.768. The Labute approximate surface area is 580 Å². The molecule has 3 heterocycles. The van der Waals surface area contributed by atoms with Crippen LogP contribution < -0.4 is 26.2 Å². The van der Waals surface area contributed by atoms with Crippen LogP contribution in [0.5, 0.6) is 0 Å². The Morgan fingerprint density at radius 1 is 0.245 bits per heavy atom. The summed E-state index contributed by atoms with van der Waals surface area (Å²) >= 11 is 0. The SMILES string of the molecule is CC(C)(C)c1ccc2c(c1)c1cc(C(C)(C)C)ccc1n2-c1cc2c3c(c1)N(c1cc(-c4ccccc4)cc(-c4ccccc4)c1)c1cc(-c4ccccc4)c(C(C)(C)C)cc1B3c1cc(C(C)(C)C)c(-c3ccccc3)cc1N2c1cc(-c2ccccc2)cc(-c2ccccc2)c1. The van der Waals surface area contributed by atoms with Crippen molar-refractivity contribution in [2.75, 3.05) is 9.80 Å². The van der Waals surface area contributed by atoms with Gasteiger partial charge in [-0.3, -0.25) is 0 Å². The third kappa shape index (κ3) is 11.0. The molecule has 1 aromatic heterocycles. The van der Waals surface area contributed by atoms with Crippen molar-refractivity contribution >= 4 is 79.0 Å². The van der Waals surface area contributed by atoms with Crippen molar-refractivity contribution in [1.29, 1.82) is 0 Å². The minimum atomic E-state index is -0.245. The number of aromatic nitrogens is 1. The first-order valence-electron chi connectivity index (χ1n) is 35.0. The predicted molar refractivity (Wildman–Crippen MR) is 422 cm³/mol. The summed E-state index contributed by atoms with van der Waals surface area (Å²) in [6, 6.07) is 111. The summed E-state index contributed by atoms with van der Waals surface area (Å²) in [4.78, 5) is 5.36. The number of benzene rings is 13. The fraction of sp³-hybridized carbons (Fsp3) is 0.170. The molecule has 98 heavy (non-hydrogen) atoms. The van der Waals surface area contributed by atoms with Gasteiger partial charge in [-0.15, -0.1) is 0 Å². The normalized spacial score (nSPS) is 13.0. The van der Waals surface area contributed by atoms with Gasteiger partial charge in [0.05, 0.1) is 16.7 Å². The molecular formula is C94H84BN3. The molecule has 0 bridgehead atoms. The zero-order valence-corrected chi connectivity index (χ0v) is 58.6. The molecule has 0 saturated heterocycles. The van der Waals surface area contributed by atoms with Gasteiger partial charge in [0.25, 0.3) is 6.71 Å². The van der Waals surface area contributed by atoms with Crippen molar-refractivity contribution in [3.63, 3.8) is 0 Å². The molecule has 0 spiro atoms. The topological polar surface area (TPSA) is 11.4 Å². The lowest BCUT2D eigenvalue weighted by molar-refractivity contribution is 0.590. The first kappa shape index (κ1) is 62.2. The number of hydrogen-bond donors (Lipinski definition) is 0. The van der Waals surface area contributed by atoms with Crippen LogP contribution in [0.1, 0.15) is 105 Å². The molecule has 2 aliphatic heterocycles. The first-order chi connectivity index (χ1) is 47.1. The third-order valence-corrected chi connectivity index (χ3v) is 20.7. The van der Waals surface area contributed by atoms with Crippen LogP contribution in [-0.2, 0) is 21.7 Å². The number of rotatable bonds is 9. The molecule has 0 atom stereocenters. The molecule has 0 N–H and O–H groups in total. The van der Waals surface area contributed by atoms with E-state index in [0.29, 0.717) is 0 Å². The Balaban J connectivity index is 1.12. The second-order valence-corrected chi connectivity index (χ2v) is 31.4. The fourth-order valence-corrected chi connectivity index (χ4v) is 15.6. The van der Waals surface area contributed by atoms with Crippen LogP contribution >= 0.6 is 0 Å². The smallest absolute Gasteiger partial charge is 0.252 e. The van der Waals surface area contributed by atoms with Crippen LogP contribution in [0.2, 0.25) is 0 Å². The highest BCUT2D eigenvalue weighted by Gasteiger charge is 2.46. The maximum absolute atomic E-state index is 2.68. The summed E-state index contributed by atoms with van der Waals surface area (Å²) in [6.45, 7) is 28.2. The van der Waals surface area contributed by atoms with Crippen molar-refractivity contribution in [1.82, 2.24) is 4.57 Å². The number of hydrogen-bond acceptors (Lipinski definition) is 2. The Kier molecular flexibility index (Phi) is 14.9. The minimum Gasteiger partial charge on any atom is -0.311 e. The maximum atomic E-state index is 2.68. The van der Waals surface area contributed by atoms with Gasteiger partial charge in [-0.05, 0) is 212 Å². The molecule has 0 radical (unpaired) electrons. The van der Waals surface area contributed by atoms with Crippen LogP contribution in [0, 0.1) is 0 Å². The molecule has 3 nitrogen and oxygen atoms in total. The molecule has 0 unspecified atom stereocenters. The lowest BCUT2D eigenvalue weighted by atomic mass is 9.33. The van der Waals surface area contributed by atoms with Crippen LogP contribution in [0.25, 0.3) is 94.3 Å². The molecule has 478 valence electrons. The fourth-order valence-electron chi connectivity index (χ4n) is 15.6. The van der Waals surface area contributed by atoms with Gasteiger partial charge in [0, 0.05) is 44.9 Å². The molecule has 0 amide bonds. The van der Waals surface area contributed by atoms with E-state index in [1.54, 1.807) is 0 Å². The molecule has 2 aliphatic rings. The van der Waals surface area contributed by atoms with Crippen molar-refractivity contribution in [2.45, 2.75) is 105 Å². The van der Waals surface area contributed by atoms with E-state index in [9.17, 15) is 0 Å². The Hall–Kier alpha value is -10.7. The molecule has 0 saturated carbocycles. The molecule has 0 aliphatic carbocycles. The van der Waals surface area contributed by atoms with E-state index in [2.05, 4.69) is 389 Å². The predicted octanol–water partition coefficient (Wildman–Crippen LogP) is 24.1. The summed E-state index contributed by atoms with van der Waals surface area (Å²) in [6.07, 6.45) is 0. The van der Waals surface area contributed by atoms with E-state index in [-0.39, 0.29) is 28.4 Å². The Morgan fingerprint density at radius 3 is 0.847 bits per heavy atom. The van der Waals surface area contributed by atoms with Gasteiger partial charge in [-0.1, -0.05) is 289 Å². The van der Waals surface area contributed by atoms with E-state index in [1.807, 2.05) is 0 Å². The highest BCUT2D eigenvalue weighted by molar-refractivity contribution is 7.00. The second-order valence-electron chi connectivity index (χ2n) is 31.4. The van der Waals surface area contributed by atoms with Gasteiger partial charge >= 0.3 is 0 Å². The van der Waals surface area contributed by atoms with Gasteiger partial charge in [0.15, 0.2) is 0 Å². The van der Waals surface area contributed by atoms with E-state index in [4.69, 9.17) is 0 Å². The summed E-state index contributed by atoms with van der Waals surface area (Å²) in [5.74, 6) is 0. The molecule has 0 fully saturated rings. The Bertz CT molecular complexity index is 4940. The maximum Gasteiger partial charge on any atom is 0.252 e. The number of nitrogens with zero attached hydrogens (tertiary/aromatic N) is 3. The lowest BCUT2D eigenvalue weighted by Gasteiger charge is -2.46. The van der Waals surface area contributed by atoms with E-state index in [1.165, 1.54) is 82.7 Å². The van der Waals surface area contributed by atoms with Gasteiger partial charge in [-0.2, -0.15) is 0 Å². The van der Waals surface area contributed by atoms with Crippen LogP contribution in [0.15, 0.2) is 291 Å². The lowest BCUT2D eigenvalue weighted by Crippen LogP contribution is -2.62. The Morgan fingerprint density at radius 2 is 0.551 bits per heavy atom. The second kappa shape index (κ2) is 23.6. The van der Waals surface area contributed by atoms with Gasteiger partial charge in [-0.25, -0.2) is 0 Å². The summed E-state index contributed by atoms with van der Waals surface area (Å²) in [5, 5.41) is 2.51. The largest absolute Gasteiger partial charge is 0.311 e. The minimum absolute atomic E-state index is 0.0757. The summed E-state index contributed by atoms with van der Waals surface area (Å²) in [7, 11) is 0. The van der Waals surface area contributed by atoms with Gasteiger partial charge < -0.3 is 14.4 Å². The quantitative estimate of drug-likeness (QED) is 0.133. The standard InChI is InChI=1S/C94H84BN3/c1-91(2,3)71-43-45-84-78(53-71)79-54-72(92(4,5)6)44-46-85(79)96(84)75-55-88-90-89(56-75)98(74-51-69(63-35-23-15-24-36-63)48-70(52-74)64-37-25-16-26-38-64)87-58-77(66-41-29-18-30-42-66)81(94(10,11)12)60-83(87)95(90)82-59-80(93(7,8)9)76(65-39-27-17-28-40-65)57-86(82)97(88)73-49-67(61-31-19-13-20-32-61)47-68(50-73)62-33-21-14-22-34-62/h13-60H,1-12H3. The molecule has 16 rings (SSSR count). The number of anilines is 6. The first-order valence-corrected chi connectivity index (χ1v) is 35.0. The summed E-state index contributed by atoms with van der Waals surface area (Å²) in [5.41, 5.74) is 32.7. The molecule has 14 aromatic rings. The molecule has 13 aromatic carbocycles. The van der Waals surface area contributed by atoms with Crippen molar-refractivity contribution in [2.24, 2.45) is 0 Å². The zero-order chi connectivity index (χ0) is 67.6. The van der Waals surface area contributed by atoms with Crippen molar-refractivity contribution in [3.05, 3.63) is 313 Å². The molecule has 4 heteroatoms. The third-order valence-electron chi connectivity index (χ3n) is 20.7. The van der Waals surface area contributed by atoms with E-state index >= 15 is 0 Å². The highest BCUT2D eigenvalue weighted by atomic mass is 15.2. The van der Waals surface area contributed by atoms with Crippen LogP contribution in [0.3, 0.4) is 0 Å². The average molecular weight is 1270 g/mol. The highest BCUT2D eigenvalue weighted by Crippen LogP contribution is 2.52. The van der Waals surface area contributed by atoms with Crippen LogP contribution in [-0.4, -0.2) is 11.3 Å². The molecular weight excluding hydrogens is 1180 g/mol. The van der Waals surface area contributed by atoms with Gasteiger partial charge in [0.2, 0.25) is 0 Å². The van der Waals surface area contributed by atoms with E-state index in [0.717, 1.165) is 84.3 Å². The van der Waals surface area contributed by atoms with E-state index < -0.39 is 0 Å². The van der Waals surface area contributed by atoms with Gasteiger partial charge in [0.1, 0.15) is 0 Å². The summed E-state index contributed by atoms with van der Waals surface area (Å²) < 4.78 is 2.60. The van der Waals surface area contributed by atoms with Crippen molar-refractivity contribution in [3.8, 4) is 72.4 Å². The zero-order valence-electron chi connectivity index (χ0n) is 58.6.